The minimum absolute atomic E-state index is 0.00723. The molecule has 2 N–H and O–H groups in total. The van der Waals surface area contributed by atoms with E-state index in [0.29, 0.717) is 26.1 Å². The number of hydrogen-bond acceptors (Lipinski definition) is 3. The molecule has 1 aromatic heterocycles. The molecule has 0 spiro atoms. The summed E-state index contributed by atoms with van der Waals surface area (Å²) in [5.41, 5.74) is 0.978. The van der Waals surface area contributed by atoms with Crippen molar-refractivity contribution in [3.05, 3.63) is 34.2 Å². The quantitative estimate of drug-likeness (QED) is 0.863. The van der Waals surface area contributed by atoms with Crippen LogP contribution in [0.1, 0.15) is 38.3 Å². The Balaban J connectivity index is 1.75. The molecule has 1 saturated heterocycles. The van der Waals surface area contributed by atoms with Gasteiger partial charge in [0.05, 0.1) is 0 Å². The summed E-state index contributed by atoms with van der Waals surface area (Å²) in [7, 11) is 0. The second kappa shape index (κ2) is 6.90. The van der Waals surface area contributed by atoms with Crippen LogP contribution in [0.15, 0.2) is 23.0 Å². The second-order valence-electron chi connectivity index (χ2n) is 7.25. The summed E-state index contributed by atoms with van der Waals surface area (Å²) >= 11 is 0. The van der Waals surface area contributed by atoms with E-state index in [1.54, 1.807) is 17.0 Å². The van der Waals surface area contributed by atoms with Gasteiger partial charge in [0, 0.05) is 37.3 Å². The average molecular weight is 347 g/mol. The first kappa shape index (κ1) is 17.5. The Labute approximate surface area is 146 Å². The lowest BCUT2D eigenvalue weighted by Gasteiger charge is -2.43. The monoisotopic (exact) mass is 347 g/mol. The number of aromatic nitrogens is 1. The van der Waals surface area contributed by atoms with Crippen LogP contribution < -0.4 is 10.9 Å². The Morgan fingerprint density at radius 1 is 1.32 bits per heavy atom. The van der Waals surface area contributed by atoms with Gasteiger partial charge in [0.15, 0.2) is 0 Å². The minimum atomic E-state index is -1.00. The molecular weight excluding hydrogens is 322 g/mol. The van der Waals surface area contributed by atoms with Crippen molar-refractivity contribution < 1.29 is 14.7 Å². The van der Waals surface area contributed by atoms with E-state index in [9.17, 15) is 19.5 Å². The predicted octanol–water partition coefficient (Wildman–Crippen LogP) is 1.48. The smallest absolute Gasteiger partial charge is 0.326 e. The van der Waals surface area contributed by atoms with Gasteiger partial charge in [-0.25, -0.2) is 9.59 Å². The van der Waals surface area contributed by atoms with Gasteiger partial charge in [-0.05, 0) is 24.3 Å². The number of carboxylic acid groups (broad SMARTS) is 1. The highest BCUT2D eigenvalue weighted by Gasteiger charge is 2.37. The van der Waals surface area contributed by atoms with E-state index in [1.807, 2.05) is 24.5 Å². The summed E-state index contributed by atoms with van der Waals surface area (Å²) < 4.78 is 1.81. The first-order valence-electron chi connectivity index (χ1n) is 8.88. The van der Waals surface area contributed by atoms with E-state index in [-0.39, 0.29) is 29.3 Å². The molecule has 136 valence electrons. The van der Waals surface area contributed by atoms with Crippen LogP contribution in [0.5, 0.6) is 0 Å². The number of carboxylic acids is 1. The number of nitrogens with zero attached hydrogens (tertiary/aromatic N) is 2. The highest BCUT2D eigenvalue weighted by Crippen LogP contribution is 2.34. The zero-order valence-corrected chi connectivity index (χ0v) is 14.6. The van der Waals surface area contributed by atoms with E-state index in [4.69, 9.17) is 0 Å². The second-order valence-corrected chi connectivity index (χ2v) is 7.25. The van der Waals surface area contributed by atoms with Crippen molar-refractivity contribution in [2.75, 3.05) is 13.1 Å². The van der Waals surface area contributed by atoms with Crippen molar-refractivity contribution in [3.8, 4) is 0 Å². The van der Waals surface area contributed by atoms with Gasteiger partial charge >= 0.3 is 12.0 Å². The summed E-state index contributed by atoms with van der Waals surface area (Å²) in [4.78, 5) is 37.8. The zero-order valence-electron chi connectivity index (χ0n) is 14.6. The van der Waals surface area contributed by atoms with E-state index >= 15 is 0 Å². The van der Waals surface area contributed by atoms with Crippen molar-refractivity contribution in [2.45, 2.75) is 45.2 Å². The third-order valence-electron chi connectivity index (χ3n) is 5.52. The molecule has 2 aliphatic rings. The van der Waals surface area contributed by atoms with Crippen LogP contribution >= 0.6 is 0 Å². The molecule has 0 saturated carbocycles. The van der Waals surface area contributed by atoms with Crippen LogP contribution in [-0.2, 0) is 11.3 Å². The Morgan fingerprint density at radius 3 is 2.76 bits per heavy atom. The molecule has 3 heterocycles. The molecule has 0 aliphatic carbocycles. The van der Waals surface area contributed by atoms with Gasteiger partial charge in [-0.2, -0.15) is 0 Å². The Hall–Kier alpha value is -2.31. The molecule has 1 aromatic rings. The standard InChI is InChI=1S/C18H25N3O4/c1-3-11(2)16(17(23)24)19-18(25)20-8-12-7-13(10-20)14-5-4-6-15(22)21(14)9-12/h4-6,11-13,16H,3,7-10H2,1-2H3,(H,19,25)(H,23,24)/t11?,12-,13+,16+/m1/s1. The van der Waals surface area contributed by atoms with Crippen molar-refractivity contribution >= 4 is 12.0 Å². The number of pyridine rings is 1. The number of carbonyl (C=O) groups is 2. The SMILES string of the molecule is CCC(C)[C@H](NC(=O)N1C[C@H]2C[C@@H](C1)c1cccc(=O)n1C2)C(=O)O. The van der Waals surface area contributed by atoms with Gasteiger partial charge in [-0.1, -0.05) is 26.3 Å². The van der Waals surface area contributed by atoms with Crippen LogP contribution in [-0.4, -0.2) is 45.7 Å². The third kappa shape index (κ3) is 3.41. The zero-order chi connectivity index (χ0) is 18.1. The number of likely N-dealkylation sites (tertiary alicyclic amines) is 1. The first-order valence-corrected chi connectivity index (χ1v) is 8.88. The van der Waals surface area contributed by atoms with Gasteiger partial charge in [0.25, 0.3) is 5.56 Å². The molecular formula is C18H25N3O4. The van der Waals surface area contributed by atoms with Crippen molar-refractivity contribution in [1.82, 2.24) is 14.8 Å². The highest BCUT2D eigenvalue weighted by molar-refractivity contribution is 5.83. The lowest BCUT2D eigenvalue weighted by molar-refractivity contribution is -0.140. The lowest BCUT2D eigenvalue weighted by Crippen LogP contribution is -2.55. The van der Waals surface area contributed by atoms with Crippen LogP contribution in [0, 0.1) is 11.8 Å². The molecule has 1 unspecified atom stereocenters. The van der Waals surface area contributed by atoms with E-state index < -0.39 is 12.0 Å². The van der Waals surface area contributed by atoms with E-state index in [0.717, 1.165) is 12.1 Å². The highest BCUT2D eigenvalue weighted by atomic mass is 16.4. The molecule has 3 rings (SSSR count). The Kier molecular flexibility index (Phi) is 4.83. The van der Waals surface area contributed by atoms with Crippen LogP contribution in [0.3, 0.4) is 0 Å². The molecule has 4 atom stereocenters. The molecule has 2 amide bonds. The summed E-state index contributed by atoms with van der Waals surface area (Å²) in [5, 5.41) is 12.1. The maximum absolute atomic E-state index is 12.6. The number of hydrogen-bond donors (Lipinski definition) is 2. The topological polar surface area (TPSA) is 91.6 Å². The lowest BCUT2D eigenvalue weighted by atomic mass is 9.83. The number of amides is 2. The van der Waals surface area contributed by atoms with E-state index in [2.05, 4.69) is 5.32 Å². The number of piperidine rings is 1. The average Bonchev–Trinajstić information content (AvgIpc) is 2.59. The van der Waals surface area contributed by atoms with Crippen molar-refractivity contribution in [3.63, 3.8) is 0 Å². The largest absolute Gasteiger partial charge is 0.480 e. The summed E-state index contributed by atoms with van der Waals surface area (Å²) in [6.07, 6.45) is 1.64. The summed E-state index contributed by atoms with van der Waals surface area (Å²) in [5.74, 6) is -0.787. The molecule has 7 nitrogen and oxygen atoms in total. The summed E-state index contributed by atoms with van der Waals surface area (Å²) in [6, 6.07) is 4.07. The predicted molar refractivity (Wildman–Crippen MR) is 92.5 cm³/mol. The molecule has 0 aromatic carbocycles. The molecule has 0 radical (unpaired) electrons. The maximum atomic E-state index is 12.6. The van der Waals surface area contributed by atoms with Gasteiger partial charge < -0.3 is 19.9 Å². The van der Waals surface area contributed by atoms with Crippen molar-refractivity contribution in [2.24, 2.45) is 11.8 Å². The third-order valence-corrected chi connectivity index (χ3v) is 5.52. The van der Waals surface area contributed by atoms with Gasteiger partial charge in [-0.3, -0.25) is 4.79 Å². The van der Waals surface area contributed by atoms with Gasteiger partial charge in [0.2, 0.25) is 0 Å². The number of carbonyl (C=O) groups excluding carboxylic acids is 1. The fraction of sp³-hybridized carbons (Fsp3) is 0.611. The molecule has 7 heteroatoms. The van der Waals surface area contributed by atoms with Crippen LogP contribution in [0.25, 0.3) is 0 Å². The minimum Gasteiger partial charge on any atom is -0.480 e. The molecule has 1 fully saturated rings. The molecule has 2 bridgehead atoms. The maximum Gasteiger partial charge on any atom is 0.326 e. The first-order chi connectivity index (χ1) is 11.9. The van der Waals surface area contributed by atoms with Crippen molar-refractivity contribution in [1.29, 1.82) is 0 Å². The number of nitrogens with one attached hydrogen (secondary N) is 1. The molecule has 25 heavy (non-hydrogen) atoms. The fourth-order valence-corrected chi connectivity index (χ4v) is 3.97. The Bertz CT molecular complexity index is 729. The van der Waals surface area contributed by atoms with Crippen LogP contribution in [0.4, 0.5) is 4.79 Å². The number of urea groups is 1. The van der Waals surface area contributed by atoms with Gasteiger partial charge in [-0.15, -0.1) is 0 Å². The fourth-order valence-electron chi connectivity index (χ4n) is 3.97. The summed E-state index contributed by atoms with van der Waals surface area (Å²) in [6.45, 7) is 5.41. The number of fused-ring (bicyclic) bond motifs is 4. The molecule has 2 aliphatic heterocycles. The van der Waals surface area contributed by atoms with E-state index in [1.165, 1.54) is 0 Å². The number of rotatable bonds is 4. The van der Waals surface area contributed by atoms with Gasteiger partial charge in [0.1, 0.15) is 6.04 Å². The Morgan fingerprint density at radius 2 is 2.08 bits per heavy atom. The number of aliphatic carboxylic acids is 1. The normalized spacial score (nSPS) is 24.2. The van der Waals surface area contributed by atoms with Crippen LogP contribution in [0.2, 0.25) is 0 Å².